The Kier molecular flexibility index (Phi) is 5.06. The molecule has 0 bridgehead atoms. The first-order chi connectivity index (χ1) is 14.7. The van der Waals surface area contributed by atoms with Crippen LogP contribution in [0.3, 0.4) is 0 Å². The van der Waals surface area contributed by atoms with E-state index in [1.54, 1.807) is 13.0 Å². The molecule has 31 heavy (non-hydrogen) atoms. The van der Waals surface area contributed by atoms with Crippen LogP contribution in [0.4, 0.5) is 5.69 Å². The summed E-state index contributed by atoms with van der Waals surface area (Å²) < 4.78 is 2.85. The molecule has 0 unspecified atom stereocenters. The first-order valence-corrected chi connectivity index (χ1v) is 10.1. The van der Waals surface area contributed by atoms with Crippen molar-refractivity contribution < 1.29 is 19.3 Å². The van der Waals surface area contributed by atoms with E-state index in [2.05, 4.69) is 15.9 Å². The maximum Gasteiger partial charge on any atom is 0.270 e. The zero-order chi connectivity index (χ0) is 22.4. The number of ketones is 1. The van der Waals surface area contributed by atoms with Crippen LogP contribution in [0.15, 0.2) is 53.0 Å². The van der Waals surface area contributed by atoms with E-state index in [4.69, 9.17) is 0 Å². The highest BCUT2D eigenvalue weighted by atomic mass is 79.9. The monoisotopic (exact) mass is 481 g/mol. The highest BCUT2D eigenvalue weighted by molar-refractivity contribution is 9.10. The second-order valence-corrected chi connectivity index (χ2v) is 8.12. The predicted octanol–water partition coefficient (Wildman–Crippen LogP) is 4.24. The molecule has 2 heterocycles. The number of benzene rings is 2. The normalized spacial score (nSPS) is 12.9. The molecule has 0 fully saturated rings. The zero-order valence-corrected chi connectivity index (χ0v) is 18.2. The van der Waals surface area contributed by atoms with Gasteiger partial charge < -0.3 is 4.57 Å². The number of nitro groups is 1. The maximum atomic E-state index is 13.0. The number of hydrogen-bond donors (Lipinski definition) is 0. The summed E-state index contributed by atoms with van der Waals surface area (Å²) in [6, 6.07) is 12.8. The molecular formula is C22H16BrN3O5. The molecule has 1 aliphatic heterocycles. The van der Waals surface area contributed by atoms with Gasteiger partial charge >= 0.3 is 0 Å². The molecule has 8 nitrogen and oxygen atoms in total. The lowest BCUT2D eigenvalue weighted by atomic mass is 10.1. The summed E-state index contributed by atoms with van der Waals surface area (Å²) in [4.78, 5) is 49.5. The minimum absolute atomic E-state index is 0.0590. The average Bonchev–Trinajstić information content (AvgIpc) is 3.16. The number of hydrogen-bond acceptors (Lipinski definition) is 5. The van der Waals surface area contributed by atoms with E-state index >= 15 is 0 Å². The van der Waals surface area contributed by atoms with Crippen molar-refractivity contribution in [3.63, 3.8) is 0 Å². The smallest absolute Gasteiger partial charge is 0.270 e. The van der Waals surface area contributed by atoms with Crippen LogP contribution in [0.1, 0.15) is 42.5 Å². The topological polar surface area (TPSA) is 103 Å². The number of aryl methyl sites for hydroxylation is 1. The van der Waals surface area contributed by atoms with Gasteiger partial charge in [0.1, 0.15) is 0 Å². The van der Waals surface area contributed by atoms with Gasteiger partial charge in [0.15, 0.2) is 5.78 Å². The number of carbonyl (C=O) groups is 3. The summed E-state index contributed by atoms with van der Waals surface area (Å²) in [5, 5.41) is 11.0. The third kappa shape index (κ3) is 3.46. The molecule has 1 aromatic heterocycles. The fraction of sp³-hybridized carbons (Fsp3) is 0.136. The van der Waals surface area contributed by atoms with Gasteiger partial charge in [-0.3, -0.25) is 29.4 Å². The molecule has 2 aromatic carbocycles. The van der Waals surface area contributed by atoms with Gasteiger partial charge in [0.25, 0.3) is 17.5 Å². The fourth-order valence-electron chi connectivity index (χ4n) is 3.80. The molecule has 0 saturated heterocycles. The second kappa shape index (κ2) is 7.59. The van der Waals surface area contributed by atoms with Crippen molar-refractivity contribution >= 4 is 39.2 Å². The summed E-state index contributed by atoms with van der Waals surface area (Å²) in [7, 11) is 0. The van der Waals surface area contributed by atoms with Crippen molar-refractivity contribution in [2.24, 2.45) is 0 Å². The molecule has 3 aromatic rings. The van der Waals surface area contributed by atoms with E-state index in [1.807, 2.05) is 35.8 Å². The number of aromatic nitrogens is 1. The number of imide groups is 1. The Bertz CT molecular complexity index is 1280. The number of amides is 2. The molecule has 0 spiro atoms. The third-order valence-electron chi connectivity index (χ3n) is 5.28. The Morgan fingerprint density at radius 3 is 2.29 bits per heavy atom. The van der Waals surface area contributed by atoms with E-state index in [1.165, 1.54) is 12.1 Å². The van der Waals surface area contributed by atoms with Gasteiger partial charge in [-0.2, -0.15) is 0 Å². The van der Waals surface area contributed by atoms with E-state index in [0.717, 1.165) is 26.8 Å². The lowest BCUT2D eigenvalue weighted by molar-refractivity contribution is -0.384. The molecule has 1 aliphatic rings. The van der Waals surface area contributed by atoms with Crippen molar-refractivity contribution in [1.29, 1.82) is 0 Å². The largest absolute Gasteiger partial charge is 0.318 e. The van der Waals surface area contributed by atoms with Crippen LogP contribution < -0.4 is 0 Å². The van der Waals surface area contributed by atoms with Crippen molar-refractivity contribution in [2.75, 3.05) is 6.54 Å². The number of nitro benzene ring substituents is 1. The Labute approximate surface area is 185 Å². The third-order valence-corrected chi connectivity index (χ3v) is 5.81. The average molecular weight is 482 g/mol. The summed E-state index contributed by atoms with van der Waals surface area (Å²) in [6.07, 6.45) is 0. The van der Waals surface area contributed by atoms with Crippen LogP contribution in [0.25, 0.3) is 5.69 Å². The molecule has 0 N–H and O–H groups in total. The molecule has 0 saturated carbocycles. The molecule has 0 radical (unpaired) electrons. The van der Waals surface area contributed by atoms with Gasteiger partial charge in [0.2, 0.25) is 0 Å². The minimum Gasteiger partial charge on any atom is -0.318 e. The second-order valence-electron chi connectivity index (χ2n) is 7.20. The fourth-order valence-corrected chi connectivity index (χ4v) is 4.06. The van der Waals surface area contributed by atoms with E-state index < -0.39 is 23.3 Å². The van der Waals surface area contributed by atoms with Crippen molar-refractivity contribution in [3.8, 4) is 5.69 Å². The van der Waals surface area contributed by atoms with Crippen molar-refractivity contribution in [1.82, 2.24) is 9.47 Å². The van der Waals surface area contributed by atoms with E-state index in [-0.39, 0.29) is 22.6 Å². The van der Waals surface area contributed by atoms with Gasteiger partial charge in [-0.05, 0) is 50.2 Å². The standard InChI is InChI=1S/C22H16BrN3O5/c1-12-9-18(13(2)25(12)15-5-3-14(23)4-6-15)20(27)11-24-21(28)17-8-7-16(26(30)31)10-19(17)22(24)29/h3-10H,11H2,1-2H3. The first kappa shape index (κ1) is 20.7. The van der Waals surface area contributed by atoms with Crippen LogP contribution in [0.2, 0.25) is 0 Å². The Balaban J connectivity index is 1.63. The van der Waals surface area contributed by atoms with Crippen molar-refractivity contribution in [2.45, 2.75) is 13.8 Å². The van der Waals surface area contributed by atoms with Crippen LogP contribution in [0.5, 0.6) is 0 Å². The maximum absolute atomic E-state index is 13.0. The van der Waals surface area contributed by atoms with E-state index in [0.29, 0.717) is 11.3 Å². The van der Waals surface area contributed by atoms with Crippen molar-refractivity contribution in [3.05, 3.63) is 91.2 Å². The Morgan fingerprint density at radius 2 is 1.65 bits per heavy atom. The lowest BCUT2D eigenvalue weighted by Crippen LogP contribution is -2.35. The molecule has 4 rings (SSSR count). The quantitative estimate of drug-likeness (QED) is 0.234. The molecule has 156 valence electrons. The number of nitrogens with zero attached hydrogens (tertiary/aromatic N) is 3. The predicted molar refractivity (Wildman–Crippen MR) is 116 cm³/mol. The zero-order valence-electron chi connectivity index (χ0n) is 16.6. The van der Waals surface area contributed by atoms with Crippen LogP contribution in [0, 0.1) is 24.0 Å². The first-order valence-electron chi connectivity index (χ1n) is 9.31. The van der Waals surface area contributed by atoms with Gasteiger partial charge in [0, 0.05) is 39.2 Å². The highest BCUT2D eigenvalue weighted by Crippen LogP contribution is 2.28. The van der Waals surface area contributed by atoms with Crippen LogP contribution in [-0.4, -0.2) is 38.5 Å². The number of halogens is 1. The number of carbonyl (C=O) groups excluding carboxylic acids is 3. The lowest BCUT2D eigenvalue weighted by Gasteiger charge is -2.13. The minimum atomic E-state index is -0.709. The summed E-state index contributed by atoms with van der Waals surface area (Å²) in [5.41, 5.74) is 2.52. The highest BCUT2D eigenvalue weighted by Gasteiger charge is 2.38. The number of Topliss-reactive ketones (excluding diaryl/α,β-unsaturated/α-hetero) is 1. The number of fused-ring (bicyclic) bond motifs is 1. The summed E-state index contributed by atoms with van der Waals surface area (Å²) in [5.74, 6) is -1.73. The van der Waals surface area contributed by atoms with Crippen LogP contribution in [-0.2, 0) is 0 Å². The Hall–Kier alpha value is -3.59. The molecule has 0 atom stereocenters. The van der Waals surface area contributed by atoms with Gasteiger partial charge in [0.05, 0.1) is 22.6 Å². The Morgan fingerprint density at radius 1 is 1.00 bits per heavy atom. The van der Waals surface area contributed by atoms with Gasteiger partial charge in [-0.1, -0.05) is 15.9 Å². The molecule has 9 heteroatoms. The number of non-ortho nitro benzene ring substituents is 1. The molecule has 2 amide bonds. The summed E-state index contributed by atoms with van der Waals surface area (Å²) >= 11 is 3.40. The summed E-state index contributed by atoms with van der Waals surface area (Å²) in [6.45, 7) is 3.23. The van der Waals surface area contributed by atoms with Gasteiger partial charge in [-0.25, -0.2) is 0 Å². The van der Waals surface area contributed by atoms with Crippen LogP contribution >= 0.6 is 15.9 Å². The van der Waals surface area contributed by atoms with E-state index in [9.17, 15) is 24.5 Å². The molecular weight excluding hydrogens is 466 g/mol. The SMILES string of the molecule is Cc1cc(C(=O)CN2C(=O)c3ccc([N+](=O)[O-])cc3C2=O)c(C)n1-c1ccc(Br)cc1. The molecule has 0 aliphatic carbocycles. The van der Waals surface area contributed by atoms with Gasteiger partial charge in [-0.15, -0.1) is 0 Å². The number of rotatable bonds is 5.